The molecule has 0 aromatic carbocycles. The van der Waals surface area contributed by atoms with Crippen LogP contribution in [0.3, 0.4) is 0 Å². The average Bonchev–Trinajstić information content (AvgIpc) is 3.40. The summed E-state index contributed by atoms with van der Waals surface area (Å²) in [5.41, 5.74) is 0. The van der Waals surface area contributed by atoms with Gasteiger partial charge in [-0.25, -0.2) is 0 Å². The van der Waals surface area contributed by atoms with E-state index in [1.807, 2.05) is 0 Å². The van der Waals surface area contributed by atoms with Crippen molar-refractivity contribution < 1.29 is 28.6 Å². The predicted molar refractivity (Wildman–Crippen MR) is 321 cm³/mol. The van der Waals surface area contributed by atoms with Gasteiger partial charge in [-0.3, -0.25) is 14.4 Å². The van der Waals surface area contributed by atoms with Crippen molar-refractivity contribution in [1.29, 1.82) is 0 Å². The van der Waals surface area contributed by atoms with Gasteiger partial charge in [-0.15, -0.1) is 0 Å². The SMILES string of the molecule is CCCCC/C=C\C/C=C\CCCCCCCCCC(=O)OC(COC(=O)CCCCCCCCCCCCCC)COC(=O)CCCCCCCCCCCCCCCCC/C=C\C/C=C\CCCCCCC. The maximum atomic E-state index is 12.9. The maximum absolute atomic E-state index is 12.9. The molecule has 6 nitrogen and oxygen atoms in total. The fourth-order valence-electron chi connectivity index (χ4n) is 9.62. The monoisotopic (exact) mass is 1040 g/mol. The molecule has 0 N–H and O–H groups in total. The maximum Gasteiger partial charge on any atom is 0.306 e. The molecule has 0 aliphatic carbocycles. The van der Waals surface area contributed by atoms with Crippen molar-refractivity contribution >= 4 is 17.9 Å². The van der Waals surface area contributed by atoms with Gasteiger partial charge >= 0.3 is 17.9 Å². The average molecular weight is 1040 g/mol. The lowest BCUT2D eigenvalue weighted by Crippen LogP contribution is -2.30. The number of hydrogen-bond donors (Lipinski definition) is 0. The fourth-order valence-corrected chi connectivity index (χ4v) is 9.62. The molecule has 0 aromatic heterocycles. The zero-order valence-corrected chi connectivity index (χ0v) is 49.6. The molecule has 0 amide bonds. The fraction of sp³-hybridized carbons (Fsp3) is 0.838. The third-order valence-electron chi connectivity index (χ3n) is 14.6. The smallest absolute Gasteiger partial charge is 0.306 e. The minimum absolute atomic E-state index is 0.0721. The van der Waals surface area contributed by atoms with Crippen LogP contribution < -0.4 is 0 Å². The molecule has 0 spiro atoms. The van der Waals surface area contributed by atoms with E-state index in [4.69, 9.17) is 14.2 Å². The molecule has 1 atom stereocenters. The highest BCUT2D eigenvalue weighted by Gasteiger charge is 2.19. The Morgan fingerprint density at radius 1 is 0.270 bits per heavy atom. The Hall–Kier alpha value is -2.63. The molecule has 0 heterocycles. The Morgan fingerprint density at radius 3 is 0.770 bits per heavy atom. The first-order valence-corrected chi connectivity index (χ1v) is 32.6. The van der Waals surface area contributed by atoms with E-state index < -0.39 is 6.10 Å². The molecule has 0 saturated carbocycles. The number of esters is 3. The van der Waals surface area contributed by atoms with E-state index in [9.17, 15) is 14.4 Å². The number of carbonyl (C=O) groups is 3. The second-order valence-corrected chi connectivity index (χ2v) is 22.0. The van der Waals surface area contributed by atoms with Crippen molar-refractivity contribution in [2.75, 3.05) is 13.2 Å². The minimum Gasteiger partial charge on any atom is -0.462 e. The molecule has 0 aliphatic rings. The van der Waals surface area contributed by atoms with E-state index in [2.05, 4.69) is 69.4 Å². The number of rotatable bonds is 60. The summed E-state index contributed by atoms with van der Waals surface area (Å²) >= 11 is 0. The summed E-state index contributed by atoms with van der Waals surface area (Å²) in [6.07, 6.45) is 78.4. The van der Waals surface area contributed by atoms with Crippen LogP contribution in [0.1, 0.15) is 348 Å². The van der Waals surface area contributed by atoms with Crippen LogP contribution in [0.25, 0.3) is 0 Å². The van der Waals surface area contributed by atoms with Gasteiger partial charge in [-0.1, -0.05) is 294 Å². The number of carbonyl (C=O) groups excluding carboxylic acids is 3. The van der Waals surface area contributed by atoms with Crippen molar-refractivity contribution in [2.24, 2.45) is 0 Å². The van der Waals surface area contributed by atoms with Gasteiger partial charge in [-0.05, 0) is 83.5 Å². The first-order valence-electron chi connectivity index (χ1n) is 32.6. The van der Waals surface area contributed by atoms with Crippen LogP contribution >= 0.6 is 0 Å². The van der Waals surface area contributed by atoms with Gasteiger partial charge in [0.15, 0.2) is 6.10 Å². The number of hydrogen-bond acceptors (Lipinski definition) is 6. The highest BCUT2D eigenvalue weighted by atomic mass is 16.6. The molecular formula is C68H124O6. The summed E-state index contributed by atoms with van der Waals surface area (Å²) in [7, 11) is 0. The Morgan fingerprint density at radius 2 is 0.486 bits per heavy atom. The van der Waals surface area contributed by atoms with E-state index >= 15 is 0 Å². The lowest BCUT2D eigenvalue weighted by molar-refractivity contribution is -0.167. The van der Waals surface area contributed by atoms with Crippen LogP contribution in [0.5, 0.6) is 0 Å². The summed E-state index contributed by atoms with van der Waals surface area (Å²) in [5.74, 6) is -0.860. The quantitative estimate of drug-likeness (QED) is 0.0261. The lowest BCUT2D eigenvalue weighted by atomic mass is 10.0. The van der Waals surface area contributed by atoms with Crippen LogP contribution in [0.4, 0.5) is 0 Å². The van der Waals surface area contributed by atoms with Crippen LogP contribution in [0.2, 0.25) is 0 Å². The van der Waals surface area contributed by atoms with Gasteiger partial charge in [0.1, 0.15) is 13.2 Å². The van der Waals surface area contributed by atoms with E-state index in [1.165, 1.54) is 231 Å². The number of unbranched alkanes of at least 4 members (excludes halogenated alkanes) is 41. The van der Waals surface area contributed by atoms with Crippen molar-refractivity contribution in [2.45, 2.75) is 354 Å². The van der Waals surface area contributed by atoms with Crippen molar-refractivity contribution in [3.8, 4) is 0 Å². The normalized spacial score (nSPS) is 12.3. The molecule has 0 aromatic rings. The summed E-state index contributed by atoms with van der Waals surface area (Å²) in [6, 6.07) is 0. The molecule has 0 aliphatic heterocycles. The highest BCUT2D eigenvalue weighted by molar-refractivity contribution is 5.71. The zero-order chi connectivity index (χ0) is 53.6. The summed E-state index contributed by atoms with van der Waals surface area (Å²) in [5, 5.41) is 0. The lowest BCUT2D eigenvalue weighted by Gasteiger charge is -2.18. The summed E-state index contributed by atoms with van der Waals surface area (Å²) in [4.78, 5) is 38.3. The second kappa shape index (κ2) is 62.9. The molecule has 1 unspecified atom stereocenters. The van der Waals surface area contributed by atoms with Crippen molar-refractivity contribution in [3.63, 3.8) is 0 Å². The molecule has 0 rings (SSSR count). The first-order chi connectivity index (χ1) is 36.5. The predicted octanol–water partition coefficient (Wildman–Crippen LogP) is 22.2. The van der Waals surface area contributed by atoms with Crippen molar-refractivity contribution in [3.05, 3.63) is 48.6 Å². The second-order valence-electron chi connectivity index (χ2n) is 22.0. The van der Waals surface area contributed by atoms with Crippen molar-refractivity contribution in [1.82, 2.24) is 0 Å². The topological polar surface area (TPSA) is 78.9 Å². The number of ether oxygens (including phenoxy) is 3. The van der Waals surface area contributed by atoms with Gasteiger partial charge in [-0.2, -0.15) is 0 Å². The van der Waals surface area contributed by atoms with Crippen LogP contribution in [-0.2, 0) is 28.6 Å². The molecule has 0 bridgehead atoms. The Balaban J connectivity index is 4.21. The molecule has 432 valence electrons. The first kappa shape index (κ1) is 71.4. The highest BCUT2D eigenvalue weighted by Crippen LogP contribution is 2.17. The third-order valence-corrected chi connectivity index (χ3v) is 14.6. The zero-order valence-electron chi connectivity index (χ0n) is 49.6. The molecule has 0 radical (unpaired) electrons. The minimum atomic E-state index is -0.775. The molecule has 0 fully saturated rings. The summed E-state index contributed by atoms with van der Waals surface area (Å²) in [6.45, 7) is 6.64. The number of allylic oxidation sites excluding steroid dienone is 8. The summed E-state index contributed by atoms with van der Waals surface area (Å²) < 4.78 is 16.9. The van der Waals surface area contributed by atoms with E-state index in [-0.39, 0.29) is 31.1 Å². The largest absolute Gasteiger partial charge is 0.462 e. The van der Waals surface area contributed by atoms with E-state index in [0.717, 1.165) is 77.0 Å². The Bertz CT molecular complexity index is 1280. The van der Waals surface area contributed by atoms with Crippen LogP contribution in [0.15, 0.2) is 48.6 Å². The molecule has 0 saturated heterocycles. The standard InChI is InChI=1S/C68H124O6/c1-4-7-10-13-16-19-22-25-27-29-30-31-32-33-34-35-36-37-38-40-41-43-46-49-52-55-58-61-67(70)73-64-65(63-72-66(69)60-57-54-51-48-45-24-21-18-15-12-9-6-3)74-68(71)62-59-56-53-50-47-44-42-39-28-26-23-20-17-14-11-8-5-2/h17,20,22,25-26,28-30,65H,4-16,18-19,21,23-24,27,31-64H2,1-3H3/b20-17-,25-22-,28-26-,30-29-. The molecular weight excluding hydrogens is 913 g/mol. The third kappa shape index (κ3) is 60.2. The van der Waals surface area contributed by atoms with E-state index in [1.54, 1.807) is 0 Å². The molecule has 74 heavy (non-hydrogen) atoms. The van der Waals surface area contributed by atoms with Gasteiger partial charge in [0.25, 0.3) is 0 Å². The Labute approximate surface area is 460 Å². The Kier molecular flexibility index (Phi) is 60.7. The van der Waals surface area contributed by atoms with Gasteiger partial charge in [0.2, 0.25) is 0 Å². The van der Waals surface area contributed by atoms with Gasteiger partial charge in [0.05, 0.1) is 0 Å². The van der Waals surface area contributed by atoms with Crippen LogP contribution in [-0.4, -0.2) is 37.2 Å². The molecule has 6 heteroatoms. The van der Waals surface area contributed by atoms with Crippen LogP contribution in [0, 0.1) is 0 Å². The van der Waals surface area contributed by atoms with Gasteiger partial charge in [0, 0.05) is 19.3 Å². The van der Waals surface area contributed by atoms with E-state index in [0.29, 0.717) is 19.3 Å². The van der Waals surface area contributed by atoms with Gasteiger partial charge < -0.3 is 14.2 Å².